The minimum Gasteiger partial charge on any atom is -0.507 e. The lowest BCUT2D eigenvalue weighted by atomic mass is 9.89. The molecule has 3 rings (SSSR count). The largest absolute Gasteiger partial charge is 0.507 e. The van der Waals surface area contributed by atoms with Gasteiger partial charge in [0.25, 0.3) is 0 Å². The predicted octanol–water partition coefficient (Wildman–Crippen LogP) is 4.86. The summed E-state index contributed by atoms with van der Waals surface area (Å²) in [6.07, 6.45) is 2.77. The minimum absolute atomic E-state index is 0.0831. The van der Waals surface area contributed by atoms with E-state index in [1.165, 1.54) is 0 Å². The number of halogens is 1. The minimum atomic E-state index is -1.11. The number of rotatable bonds is 4. The number of hydrogen-bond donors (Lipinski definition) is 3. The van der Waals surface area contributed by atoms with Crippen LogP contribution in [0.2, 0.25) is 5.02 Å². The summed E-state index contributed by atoms with van der Waals surface area (Å²) >= 11 is 5.91. The monoisotopic (exact) mass is 386 g/mol. The number of benzene rings is 2. The smallest absolute Gasteiger partial charge is 0.173 e. The Bertz CT molecular complexity index is 954. The Morgan fingerprint density at radius 1 is 1.15 bits per heavy atom. The fourth-order valence-electron chi connectivity index (χ4n) is 2.98. The molecule has 0 bridgehead atoms. The third kappa shape index (κ3) is 3.51. The molecule has 0 fully saturated rings. The third-order valence-corrected chi connectivity index (χ3v) is 4.63. The third-order valence-electron chi connectivity index (χ3n) is 4.38. The molecule has 1 atom stereocenters. The van der Waals surface area contributed by atoms with Gasteiger partial charge in [-0.1, -0.05) is 23.3 Å². The first-order chi connectivity index (χ1) is 12.8. The average Bonchev–Trinajstić information content (AvgIpc) is 2.62. The molecule has 0 radical (unpaired) electrons. The van der Waals surface area contributed by atoms with Gasteiger partial charge in [-0.15, -0.1) is 0 Å². The Balaban J connectivity index is 2.21. The summed E-state index contributed by atoms with van der Waals surface area (Å²) in [5.41, 5.74) is 2.12. The number of aromatic hydroxyl groups is 2. The van der Waals surface area contributed by atoms with Gasteiger partial charge in [0.1, 0.15) is 29.5 Å². The van der Waals surface area contributed by atoms with Crippen molar-refractivity contribution in [1.29, 1.82) is 0 Å². The maximum atomic E-state index is 11.7. The van der Waals surface area contributed by atoms with Crippen LogP contribution >= 0.6 is 11.6 Å². The van der Waals surface area contributed by atoms with Gasteiger partial charge in [-0.05, 0) is 44.5 Å². The fraction of sp³-hybridized carbons (Fsp3) is 0.190. The van der Waals surface area contributed by atoms with Crippen molar-refractivity contribution >= 4 is 23.6 Å². The maximum Gasteiger partial charge on any atom is 0.173 e. The van der Waals surface area contributed by atoms with Crippen molar-refractivity contribution in [3.63, 3.8) is 0 Å². The molecule has 3 N–H and O–H groups in total. The highest BCUT2D eigenvalue weighted by Crippen LogP contribution is 2.49. The highest BCUT2D eigenvalue weighted by Gasteiger charge is 2.35. The van der Waals surface area contributed by atoms with Crippen LogP contribution in [-0.4, -0.2) is 21.6 Å². The molecule has 0 aromatic heterocycles. The Labute approximate surface area is 161 Å². The second kappa shape index (κ2) is 7.37. The van der Waals surface area contributed by atoms with Crippen molar-refractivity contribution in [1.82, 2.24) is 0 Å². The Kier molecular flexibility index (Phi) is 5.15. The normalized spacial score (nSPS) is 15.7. The number of hydrogen-bond acceptors (Lipinski definition) is 5. The number of aliphatic hydroxyl groups excluding tert-OH is 1. The Morgan fingerprint density at radius 3 is 2.41 bits per heavy atom. The molecular weight excluding hydrogens is 368 g/mol. The summed E-state index contributed by atoms with van der Waals surface area (Å²) in [6.45, 7) is 3.84. The van der Waals surface area contributed by atoms with E-state index < -0.39 is 5.92 Å². The number of aliphatic hydroxyl groups is 1. The van der Waals surface area contributed by atoms with Gasteiger partial charge in [-0.2, -0.15) is 0 Å². The first kappa shape index (κ1) is 18.9. The molecule has 0 aliphatic carbocycles. The average molecular weight is 387 g/mol. The van der Waals surface area contributed by atoms with E-state index in [2.05, 4.69) is 0 Å². The number of ether oxygens (including phenoxy) is 1. The lowest BCUT2D eigenvalue weighted by Crippen LogP contribution is -2.17. The first-order valence-corrected chi connectivity index (χ1v) is 8.74. The highest BCUT2D eigenvalue weighted by molar-refractivity contribution is 6.30. The number of aldehydes is 1. The SMILES string of the molecule is CC(C)=CCc1c(O)cc(O)c2c1OC(c1ccc(Cl)cc1)=C(O)C2C=O. The highest BCUT2D eigenvalue weighted by atomic mass is 35.5. The van der Waals surface area contributed by atoms with Gasteiger partial charge in [0.15, 0.2) is 11.5 Å². The number of phenolic OH excluding ortho intramolecular Hbond substituents is 2. The van der Waals surface area contributed by atoms with E-state index >= 15 is 0 Å². The summed E-state index contributed by atoms with van der Waals surface area (Å²) in [6, 6.07) is 7.73. The summed E-state index contributed by atoms with van der Waals surface area (Å²) < 4.78 is 5.91. The van der Waals surface area contributed by atoms with Crippen LogP contribution in [0.15, 0.2) is 47.7 Å². The van der Waals surface area contributed by atoms with Crippen molar-refractivity contribution in [3.8, 4) is 17.2 Å². The molecule has 5 nitrogen and oxygen atoms in total. The molecule has 0 amide bonds. The zero-order chi connectivity index (χ0) is 19.7. The summed E-state index contributed by atoms with van der Waals surface area (Å²) in [5, 5.41) is 31.7. The summed E-state index contributed by atoms with van der Waals surface area (Å²) in [7, 11) is 0. The van der Waals surface area contributed by atoms with Crippen LogP contribution in [0.3, 0.4) is 0 Å². The standard InChI is InChI=1S/C21H19ClO5/c1-11(2)3-8-14-16(24)9-17(25)18-15(10-23)19(26)20(27-21(14)18)12-4-6-13(22)7-5-12/h3-7,9-10,15,24-26H,8H2,1-2H3. The van der Waals surface area contributed by atoms with Crippen molar-refractivity contribution in [3.05, 3.63) is 69.5 Å². The number of fused-ring (bicyclic) bond motifs is 1. The second-order valence-electron chi connectivity index (χ2n) is 6.56. The molecular formula is C21H19ClO5. The molecule has 1 aliphatic heterocycles. The van der Waals surface area contributed by atoms with E-state index in [0.717, 1.165) is 11.6 Å². The van der Waals surface area contributed by atoms with Crippen molar-refractivity contribution in [2.75, 3.05) is 0 Å². The number of carbonyl (C=O) groups excluding carboxylic acids is 1. The van der Waals surface area contributed by atoms with Crippen LogP contribution in [0.25, 0.3) is 5.76 Å². The lowest BCUT2D eigenvalue weighted by Gasteiger charge is -2.27. The molecule has 1 unspecified atom stereocenters. The number of allylic oxidation sites excluding steroid dienone is 3. The van der Waals surface area contributed by atoms with Crippen LogP contribution in [0.4, 0.5) is 0 Å². The molecule has 1 heterocycles. The Morgan fingerprint density at radius 2 is 1.81 bits per heavy atom. The lowest BCUT2D eigenvalue weighted by molar-refractivity contribution is -0.109. The van der Waals surface area contributed by atoms with E-state index in [4.69, 9.17) is 16.3 Å². The number of carbonyl (C=O) groups is 1. The first-order valence-electron chi connectivity index (χ1n) is 8.36. The van der Waals surface area contributed by atoms with E-state index in [1.54, 1.807) is 24.3 Å². The predicted molar refractivity (Wildman–Crippen MR) is 103 cm³/mol. The maximum absolute atomic E-state index is 11.7. The van der Waals surface area contributed by atoms with Crippen LogP contribution < -0.4 is 4.74 Å². The van der Waals surface area contributed by atoms with Gasteiger partial charge in [-0.25, -0.2) is 0 Å². The van der Waals surface area contributed by atoms with Crippen LogP contribution in [0.5, 0.6) is 17.2 Å². The van der Waals surface area contributed by atoms with Gasteiger partial charge in [0, 0.05) is 22.2 Å². The number of phenols is 2. The summed E-state index contributed by atoms with van der Waals surface area (Å²) in [4.78, 5) is 11.7. The van der Waals surface area contributed by atoms with Crippen molar-refractivity contribution in [2.45, 2.75) is 26.2 Å². The van der Waals surface area contributed by atoms with Gasteiger partial charge in [0.05, 0.1) is 5.56 Å². The molecule has 27 heavy (non-hydrogen) atoms. The Hall–Kier alpha value is -2.92. The molecule has 2 aromatic rings. The van der Waals surface area contributed by atoms with E-state index in [1.807, 2.05) is 19.9 Å². The van der Waals surface area contributed by atoms with Crippen molar-refractivity contribution < 1.29 is 24.9 Å². The molecule has 140 valence electrons. The van der Waals surface area contributed by atoms with E-state index in [9.17, 15) is 20.1 Å². The molecule has 0 saturated carbocycles. The second-order valence-corrected chi connectivity index (χ2v) is 7.00. The zero-order valence-electron chi connectivity index (χ0n) is 14.9. The fourth-order valence-corrected chi connectivity index (χ4v) is 3.11. The van der Waals surface area contributed by atoms with Gasteiger partial charge < -0.3 is 24.9 Å². The van der Waals surface area contributed by atoms with Crippen molar-refractivity contribution in [2.24, 2.45) is 0 Å². The van der Waals surface area contributed by atoms with Gasteiger partial charge in [-0.3, -0.25) is 0 Å². The molecule has 0 saturated heterocycles. The quantitative estimate of drug-likeness (QED) is 0.516. The molecule has 2 aromatic carbocycles. The van der Waals surface area contributed by atoms with Crippen LogP contribution in [0, 0.1) is 0 Å². The van der Waals surface area contributed by atoms with E-state index in [0.29, 0.717) is 28.9 Å². The zero-order valence-corrected chi connectivity index (χ0v) is 15.6. The van der Waals surface area contributed by atoms with Crippen LogP contribution in [0.1, 0.15) is 36.5 Å². The van der Waals surface area contributed by atoms with Gasteiger partial charge >= 0.3 is 0 Å². The topological polar surface area (TPSA) is 87.0 Å². The van der Waals surface area contributed by atoms with E-state index in [-0.39, 0.29) is 34.3 Å². The molecule has 6 heteroatoms. The molecule has 1 aliphatic rings. The van der Waals surface area contributed by atoms with Gasteiger partial charge in [0.2, 0.25) is 0 Å². The molecule has 0 spiro atoms. The van der Waals surface area contributed by atoms with Crippen LogP contribution in [-0.2, 0) is 11.2 Å². The summed E-state index contributed by atoms with van der Waals surface area (Å²) in [5.74, 6) is -1.63.